The molecule has 1 aromatic carbocycles. The Morgan fingerprint density at radius 1 is 0.923 bits per heavy atom. The van der Waals surface area contributed by atoms with Crippen molar-refractivity contribution in [1.29, 1.82) is 0 Å². The van der Waals surface area contributed by atoms with Gasteiger partial charge in [-0.2, -0.15) is 0 Å². The van der Waals surface area contributed by atoms with Crippen LogP contribution in [0.5, 0.6) is 0 Å². The third kappa shape index (κ3) is 4.47. The molecule has 0 spiro atoms. The van der Waals surface area contributed by atoms with E-state index in [0.717, 1.165) is 73.1 Å². The summed E-state index contributed by atoms with van der Waals surface area (Å²) in [6, 6.07) is 4.40. The Kier molecular flexibility index (Phi) is 5.99. The third-order valence-corrected chi connectivity index (χ3v) is 8.49. The van der Waals surface area contributed by atoms with Crippen LogP contribution in [0.2, 0.25) is 0 Å². The van der Waals surface area contributed by atoms with E-state index < -0.39 is 0 Å². The van der Waals surface area contributed by atoms with Crippen LogP contribution in [0.25, 0.3) is 5.57 Å². The summed E-state index contributed by atoms with van der Waals surface area (Å²) in [6.07, 6.45) is 15.1. The van der Waals surface area contributed by atoms with Gasteiger partial charge in [-0.3, -0.25) is 0 Å². The Balaban J connectivity index is 1.66. The number of nitrogens with one attached hydrogen (secondary N) is 1. The van der Waals surface area contributed by atoms with E-state index in [0.29, 0.717) is 11.3 Å². The van der Waals surface area contributed by atoms with Crippen LogP contribution in [0.4, 0.5) is 0 Å². The number of aliphatic hydroxyl groups is 1. The number of nitrogens with zero attached hydrogens (tertiary/aromatic N) is 3. The summed E-state index contributed by atoms with van der Waals surface area (Å²) in [5, 5.41) is 14.4. The SMILES string of the molecule is C/C(O)=C1/C=C2N=C1C(Br)=C1CC(C)(C)C(=CC3=NC(=CC4=NC(=C2c2c(C)cc(C)cc2C)C=C4)C=C3)N1. The molecule has 196 valence electrons. The van der Waals surface area contributed by atoms with Crippen molar-refractivity contribution in [3.63, 3.8) is 0 Å². The van der Waals surface area contributed by atoms with E-state index in [1.54, 1.807) is 6.92 Å². The predicted molar refractivity (Wildman–Crippen MR) is 165 cm³/mol. The zero-order valence-electron chi connectivity index (χ0n) is 23.1. The second-order valence-corrected chi connectivity index (χ2v) is 12.2. The highest BCUT2D eigenvalue weighted by atomic mass is 79.9. The summed E-state index contributed by atoms with van der Waals surface area (Å²) in [6.45, 7) is 12.5. The molecule has 5 nitrogen and oxygen atoms in total. The minimum Gasteiger partial charge on any atom is -0.512 e. The topological polar surface area (TPSA) is 69.3 Å². The number of aliphatic imine (C=N–C) groups is 3. The lowest BCUT2D eigenvalue weighted by Gasteiger charge is -2.17. The molecule has 5 aliphatic heterocycles. The molecular weight excluding hydrogens is 548 g/mol. The average Bonchev–Trinajstić information content (AvgIpc) is 3.63. The fourth-order valence-corrected chi connectivity index (χ4v) is 6.36. The maximum atomic E-state index is 10.8. The Hall–Kier alpha value is -3.77. The Morgan fingerprint density at radius 2 is 1.62 bits per heavy atom. The quantitative estimate of drug-likeness (QED) is 0.332. The standard InChI is InChI=1S/C33H31BrN4O/c1-17-11-18(2)29(19(3)12-17)30-25-10-9-22(36-25)13-21-7-8-23(35-21)14-28-33(5,6)16-27(37-28)31(34)32-24(20(4)39)15-26(30)38-32/h7-15,37,39H,16H2,1-6H3/b21-13?,24-20+,28-14?,30-25?,31-27?. The van der Waals surface area contributed by atoms with Crippen LogP contribution in [-0.2, 0) is 0 Å². The van der Waals surface area contributed by atoms with Gasteiger partial charge in [-0.25, -0.2) is 15.0 Å². The van der Waals surface area contributed by atoms with Gasteiger partial charge in [0.2, 0.25) is 0 Å². The first-order valence-corrected chi connectivity index (χ1v) is 14.0. The summed E-state index contributed by atoms with van der Waals surface area (Å²) in [5.41, 5.74) is 13.3. The van der Waals surface area contributed by atoms with Crippen molar-refractivity contribution in [3.8, 4) is 0 Å². The molecule has 0 unspecified atom stereocenters. The van der Waals surface area contributed by atoms with Crippen molar-refractivity contribution in [3.05, 3.63) is 121 Å². The molecule has 1 fully saturated rings. The highest BCUT2D eigenvalue weighted by Gasteiger charge is 2.36. The Bertz CT molecular complexity index is 1680. The molecule has 0 saturated carbocycles. The molecule has 6 heteroatoms. The zero-order chi connectivity index (χ0) is 27.6. The van der Waals surface area contributed by atoms with Gasteiger partial charge in [-0.05, 0) is 109 Å². The molecule has 6 rings (SSSR count). The van der Waals surface area contributed by atoms with Gasteiger partial charge in [0.15, 0.2) is 0 Å². The van der Waals surface area contributed by atoms with Crippen molar-refractivity contribution in [2.45, 2.75) is 48.0 Å². The van der Waals surface area contributed by atoms with Gasteiger partial charge >= 0.3 is 0 Å². The fourth-order valence-electron chi connectivity index (χ4n) is 5.82. The Labute approximate surface area is 238 Å². The van der Waals surface area contributed by atoms with Crippen LogP contribution in [-0.4, -0.2) is 22.2 Å². The van der Waals surface area contributed by atoms with Crippen molar-refractivity contribution < 1.29 is 5.11 Å². The van der Waals surface area contributed by atoms with Crippen molar-refractivity contribution >= 4 is 38.6 Å². The Morgan fingerprint density at radius 3 is 2.33 bits per heavy atom. The van der Waals surface area contributed by atoms with Crippen LogP contribution in [0.15, 0.2) is 114 Å². The molecule has 1 aromatic rings. The van der Waals surface area contributed by atoms with Crippen molar-refractivity contribution in [2.75, 3.05) is 0 Å². The zero-order valence-corrected chi connectivity index (χ0v) is 24.7. The number of halogens is 1. The second-order valence-electron chi connectivity index (χ2n) is 11.4. The van der Waals surface area contributed by atoms with Crippen LogP contribution in [0.1, 0.15) is 49.4 Å². The maximum absolute atomic E-state index is 10.8. The first kappa shape index (κ1) is 25.5. The smallest absolute Gasteiger partial charge is 0.0986 e. The number of rotatable bonds is 1. The molecule has 5 aliphatic rings. The minimum absolute atomic E-state index is 0.117. The molecular formula is C33H31BrN4O. The van der Waals surface area contributed by atoms with Crippen LogP contribution in [0, 0.1) is 26.2 Å². The van der Waals surface area contributed by atoms with E-state index >= 15 is 0 Å². The molecule has 1 saturated heterocycles. The van der Waals surface area contributed by atoms with Crippen LogP contribution < -0.4 is 5.32 Å². The molecule has 0 amide bonds. The van der Waals surface area contributed by atoms with E-state index in [9.17, 15) is 5.11 Å². The van der Waals surface area contributed by atoms with E-state index in [4.69, 9.17) is 15.0 Å². The summed E-state index contributed by atoms with van der Waals surface area (Å²) >= 11 is 3.87. The lowest BCUT2D eigenvalue weighted by atomic mass is 9.87. The molecule has 0 radical (unpaired) electrons. The minimum atomic E-state index is -0.117. The van der Waals surface area contributed by atoms with Gasteiger partial charge in [-0.15, -0.1) is 0 Å². The van der Waals surface area contributed by atoms with Gasteiger partial charge in [0, 0.05) is 28.0 Å². The molecule has 0 atom stereocenters. The lowest BCUT2D eigenvalue weighted by Crippen LogP contribution is -2.15. The number of allylic oxidation sites excluding steroid dienone is 13. The maximum Gasteiger partial charge on any atom is 0.0986 e. The van der Waals surface area contributed by atoms with E-state index in [1.807, 2.05) is 36.5 Å². The number of aryl methyl sites for hydroxylation is 3. The monoisotopic (exact) mass is 578 g/mol. The lowest BCUT2D eigenvalue weighted by molar-refractivity contribution is 0.412. The van der Waals surface area contributed by atoms with E-state index in [2.05, 4.69) is 74.1 Å². The number of hydrogen-bond donors (Lipinski definition) is 2. The molecule has 8 bridgehead atoms. The fraction of sp³-hybridized carbons (Fsp3) is 0.242. The molecule has 0 aliphatic carbocycles. The molecule has 39 heavy (non-hydrogen) atoms. The average molecular weight is 580 g/mol. The van der Waals surface area contributed by atoms with Gasteiger partial charge in [0.25, 0.3) is 0 Å². The molecule has 2 N–H and O–H groups in total. The normalized spacial score (nSPS) is 22.4. The largest absolute Gasteiger partial charge is 0.512 e. The van der Waals surface area contributed by atoms with Gasteiger partial charge in [-0.1, -0.05) is 31.5 Å². The number of fused-ring (bicyclic) bond motifs is 5. The highest BCUT2D eigenvalue weighted by molar-refractivity contribution is 9.12. The summed E-state index contributed by atoms with van der Waals surface area (Å²) < 4.78 is 0.845. The third-order valence-electron chi connectivity index (χ3n) is 7.64. The second kappa shape index (κ2) is 9.16. The first-order chi connectivity index (χ1) is 18.5. The number of aliphatic hydroxyl groups excluding tert-OH is 1. The van der Waals surface area contributed by atoms with E-state index in [-0.39, 0.29) is 11.2 Å². The van der Waals surface area contributed by atoms with Crippen LogP contribution >= 0.6 is 15.9 Å². The van der Waals surface area contributed by atoms with Gasteiger partial charge < -0.3 is 10.4 Å². The summed E-state index contributed by atoms with van der Waals surface area (Å²) in [4.78, 5) is 15.0. The predicted octanol–water partition coefficient (Wildman–Crippen LogP) is 7.92. The highest BCUT2D eigenvalue weighted by Crippen LogP contribution is 2.44. The summed E-state index contributed by atoms with van der Waals surface area (Å²) in [7, 11) is 0. The molecule has 0 aromatic heterocycles. The van der Waals surface area contributed by atoms with Crippen LogP contribution in [0.3, 0.4) is 0 Å². The van der Waals surface area contributed by atoms with Crippen molar-refractivity contribution in [2.24, 2.45) is 20.4 Å². The van der Waals surface area contributed by atoms with Gasteiger partial charge in [0.05, 0.1) is 44.5 Å². The van der Waals surface area contributed by atoms with E-state index in [1.165, 1.54) is 5.56 Å². The molecule has 5 heterocycles. The first-order valence-electron chi connectivity index (χ1n) is 13.2. The number of hydrogen-bond acceptors (Lipinski definition) is 5. The summed E-state index contributed by atoms with van der Waals surface area (Å²) in [5.74, 6) is 0.224. The van der Waals surface area contributed by atoms with Gasteiger partial charge in [0.1, 0.15) is 0 Å². The number of benzene rings is 1. The van der Waals surface area contributed by atoms with Crippen molar-refractivity contribution in [1.82, 2.24) is 5.32 Å².